The summed E-state index contributed by atoms with van der Waals surface area (Å²) in [5.41, 5.74) is 2.32. The van der Waals surface area contributed by atoms with Crippen LogP contribution in [-0.4, -0.2) is 5.33 Å². The van der Waals surface area contributed by atoms with E-state index in [9.17, 15) is 0 Å². The standard InChI is InChI=1S/C15H19Br/c16-11-14-10-15(14)8-6-13(7-9-15)12-4-2-1-3-5-12/h1-5,13-14H,6-11H2. The predicted molar refractivity (Wildman–Crippen MR) is 72.0 cm³/mol. The molecule has 1 heteroatoms. The Bertz CT molecular complexity index is 349. The van der Waals surface area contributed by atoms with Gasteiger partial charge >= 0.3 is 0 Å². The molecule has 2 saturated carbocycles. The SMILES string of the molecule is BrCC1CC12CCC(c1ccccc1)CC2. The molecule has 2 fully saturated rings. The summed E-state index contributed by atoms with van der Waals surface area (Å²) in [6.45, 7) is 0. The van der Waals surface area contributed by atoms with Gasteiger partial charge in [-0.2, -0.15) is 0 Å². The van der Waals surface area contributed by atoms with Gasteiger partial charge in [0.1, 0.15) is 0 Å². The Kier molecular flexibility index (Phi) is 2.83. The molecule has 16 heavy (non-hydrogen) atoms. The smallest absolute Gasteiger partial charge is 0.00651 e. The largest absolute Gasteiger partial charge is 0.0925 e. The van der Waals surface area contributed by atoms with Gasteiger partial charge in [0.15, 0.2) is 0 Å². The molecule has 0 nitrogen and oxygen atoms in total. The number of benzene rings is 1. The summed E-state index contributed by atoms with van der Waals surface area (Å²) in [6.07, 6.45) is 7.23. The van der Waals surface area contributed by atoms with E-state index in [1.54, 1.807) is 5.56 Å². The van der Waals surface area contributed by atoms with E-state index >= 15 is 0 Å². The van der Waals surface area contributed by atoms with Gasteiger partial charge in [-0.3, -0.25) is 0 Å². The van der Waals surface area contributed by atoms with E-state index in [2.05, 4.69) is 46.3 Å². The molecule has 0 amide bonds. The van der Waals surface area contributed by atoms with E-state index < -0.39 is 0 Å². The molecule has 0 heterocycles. The number of hydrogen-bond acceptors (Lipinski definition) is 0. The van der Waals surface area contributed by atoms with Crippen LogP contribution in [0.15, 0.2) is 30.3 Å². The predicted octanol–water partition coefficient (Wildman–Crippen LogP) is 4.75. The lowest BCUT2D eigenvalue weighted by Gasteiger charge is -2.29. The third-order valence-electron chi connectivity index (χ3n) is 4.80. The Morgan fingerprint density at radius 2 is 1.81 bits per heavy atom. The maximum Gasteiger partial charge on any atom is 0.00651 e. The van der Waals surface area contributed by atoms with Crippen LogP contribution in [0.1, 0.15) is 43.6 Å². The average molecular weight is 279 g/mol. The third-order valence-corrected chi connectivity index (χ3v) is 5.58. The summed E-state index contributed by atoms with van der Waals surface area (Å²) in [5.74, 6) is 1.83. The van der Waals surface area contributed by atoms with Crippen molar-refractivity contribution in [2.75, 3.05) is 5.33 Å². The molecule has 1 unspecified atom stereocenters. The summed E-state index contributed by atoms with van der Waals surface area (Å²) >= 11 is 3.65. The fourth-order valence-corrected chi connectivity index (χ4v) is 4.43. The molecule has 2 aliphatic rings. The lowest BCUT2D eigenvalue weighted by molar-refractivity contribution is 0.287. The quantitative estimate of drug-likeness (QED) is 0.685. The lowest BCUT2D eigenvalue weighted by Crippen LogP contribution is -2.16. The van der Waals surface area contributed by atoms with Gasteiger partial charge in [0.2, 0.25) is 0 Å². The van der Waals surface area contributed by atoms with Crippen LogP contribution in [0.25, 0.3) is 0 Å². The maximum atomic E-state index is 3.65. The van der Waals surface area contributed by atoms with Crippen molar-refractivity contribution in [2.45, 2.75) is 38.0 Å². The molecule has 1 atom stereocenters. The van der Waals surface area contributed by atoms with Gasteiger partial charge in [-0.25, -0.2) is 0 Å². The zero-order valence-corrected chi connectivity index (χ0v) is 11.2. The normalized spacial score (nSPS) is 37.6. The van der Waals surface area contributed by atoms with Crippen molar-refractivity contribution in [1.82, 2.24) is 0 Å². The van der Waals surface area contributed by atoms with Crippen molar-refractivity contribution in [3.05, 3.63) is 35.9 Å². The van der Waals surface area contributed by atoms with Crippen LogP contribution in [-0.2, 0) is 0 Å². The maximum absolute atomic E-state index is 3.65. The molecule has 1 spiro atoms. The minimum atomic E-state index is 0.759. The fraction of sp³-hybridized carbons (Fsp3) is 0.600. The third kappa shape index (κ3) is 1.84. The van der Waals surface area contributed by atoms with Crippen LogP contribution < -0.4 is 0 Å². The molecular weight excluding hydrogens is 260 g/mol. The second kappa shape index (κ2) is 4.18. The first kappa shape index (κ1) is 10.8. The van der Waals surface area contributed by atoms with Gasteiger partial charge < -0.3 is 0 Å². The molecule has 1 aromatic carbocycles. The molecule has 1 aromatic rings. The molecule has 0 saturated heterocycles. The average Bonchev–Trinajstić information content (AvgIpc) is 3.04. The van der Waals surface area contributed by atoms with E-state index in [0.717, 1.165) is 17.3 Å². The first-order valence-electron chi connectivity index (χ1n) is 6.45. The number of alkyl halides is 1. The highest BCUT2D eigenvalue weighted by Crippen LogP contribution is 2.63. The first-order valence-corrected chi connectivity index (χ1v) is 7.57. The highest BCUT2D eigenvalue weighted by molar-refractivity contribution is 9.09. The van der Waals surface area contributed by atoms with Gasteiger partial charge in [-0.05, 0) is 54.9 Å². The van der Waals surface area contributed by atoms with Crippen LogP contribution in [0.2, 0.25) is 0 Å². The van der Waals surface area contributed by atoms with Crippen LogP contribution >= 0.6 is 15.9 Å². The molecule has 0 N–H and O–H groups in total. The van der Waals surface area contributed by atoms with E-state index in [0.29, 0.717) is 0 Å². The van der Waals surface area contributed by atoms with Gasteiger partial charge in [0.05, 0.1) is 0 Å². The Morgan fingerprint density at radius 1 is 1.12 bits per heavy atom. The van der Waals surface area contributed by atoms with Crippen LogP contribution in [0, 0.1) is 11.3 Å². The Labute approximate surface area is 107 Å². The molecular formula is C15H19Br. The van der Waals surface area contributed by atoms with Crippen LogP contribution in [0.5, 0.6) is 0 Å². The Morgan fingerprint density at radius 3 is 2.38 bits per heavy atom. The zero-order chi connectivity index (χ0) is 11.0. The lowest BCUT2D eigenvalue weighted by atomic mass is 9.76. The van der Waals surface area contributed by atoms with Gasteiger partial charge in [-0.15, -0.1) is 0 Å². The van der Waals surface area contributed by atoms with Gasteiger partial charge in [-0.1, -0.05) is 46.3 Å². The Balaban J connectivity index is 1.64. The molecule has 2 aliphatic carbocycles. The van der Waals surface area contributed by atoms with Crippen LogP contribution in [0.4, 0.5) is 0 Å². The molecule has 0 radical (unpaired) electrons. The fourth-order valence-electron chi connectivity index (χ4n) is 3.51. The highest BCUT2D eigenvalue weighted by atomic mass is 79.9. The summed E-state index contributed by atoms with van der Waals surface area (Å²) in [7, 11) is 0. The van der Waals surface area contributed by atoms with E-state index in [4.69, 9.17) is 0 Å². The zero-order valence-electron chi connectivity index (χ0n) is 9.66. The first-order chi connectivity index (χ1) is 7.84. The van der Waals surface area contributed by atoms with Crippen LogP contribution in [0.3, 0.4) is 0 Å². The van der Waals surface area contributed by atoms with Crippen molar-refractivity contribution >= 4 is 15.9 Å². The number of rotatable bonds is 2. The minimum absolute atomic E-state index is 0.759. The van der Waals surface area contributed by atoms with Gasteiger partial charge in [0, 0.05) is 5.33 Å². The van der Waals surface area contributed by atoms with E-state index in [-0.39, 0.29) is 0 Å². The number of hydrogen-bond donors (Lipinski definition) is 0. The second-order valence-corrected chi connectivity index (χ2v) is 6.25. The molecule has 3 rings (SSSR count). The second-order valence-electron chi connectivity index (χ2n) is 5.60. The van der Waals surface area contributed by atoms with Crippen molar-refractivity contribution in [2.24, 2.45) is 11.3 Å². The summed E-state index contributed by atoms with van der Waals surface area (Å²) < 4.78 is 0. The highest BCUT2D eigenvalue weighted by Gasteiger charge is 2.53. The van der Waals surface area contributed by atoms with Gasteiger partial charge in [0.25, 0.3) is 0 Å². The summed E-state index contributed by atoms with van der Waals surface area (Å²) in [4.78, 5) is 0. The van der Waals surface area contributed by atoms with E-state index in [1.807, 2.05) is 0 Å². The van der Waals surface area contributed by atoms with Crippen molar-refractivity contribution in [3.63, 3.8) is 0 Å². The van der Waals surface area contributed by atoms with Crippen molar-refractivity contribution in [3.8, 4) is 0 Å². The molecule has 0 aliphatic heterocycles. The summed E-state index contributed by atoms with van der Waals surface area (Å²) in [6, 6.07) is 11.1. The topological polar surface area (TPSA) is 0 Å². The summed E-state index contributed by atoms with van der Waals surface area (Å²) in [5, 5.41) is 1.23. The molecule has 0 bridgehead atoms. The molecule has 86 valence electrons. The van der Waals surface area contributed by atoms with Crippen molar-refractivity contribution in [1.29, 1.82) is 0 Å². The minimum Gasteiger partial charge on any atom is -0.0925 e. The molecule has 0 aromatic heterocycles. The number of halogens is 1. The van der Waals surface area contributed by atoms with E-state index in [1.165, 1.54) is 37.4 Å². The Hall–Kier alpha value is -0.300. The van der Waals surface area contributed by atoms with Crippen molar-refractivity contribution < 1.29 is 0 Å². The monoisotopic (exact) mass is 278 g/mol.